The summed E-state index contributed by atoms with van der Waals surface area (Å²) in [6.45, 7) is 6.33. The maximum atomic E-state index is 6.70. The SMILES string of the molecule is COc1ccccc1C(Cl)c1c(C)cc(C)cc1C. The van der Waals surface area contributed by atoms with Crippen LogP contribution in [0.3, 0.4) is 0 Å². The Hall–Kier alpha value is -1.47. The lowest BCUT2D eigenvalue weighted by atomic mass is 9.93. The molecule has 19 heavy (non-hydrogen) atoms. The summed E-state index contributed by atoms with van der Waals surface area (Å²) in [5, 5.41) is -0.184. The van der Waals surface area contributed by atoms with Crippen molar-refractivity contribution in [2.24, 2.45) is 0 Å². The van der Waals surface area contributed by atoms with Gasteiger partial charge in [-0.05, 0) is 43.5 Å². The van der Waals surface area contributed by atoms with E-state index in [1.165, 1.54) is 22.3 Å². The van der Waals surface area contributed by atoms with E-state index < -0.39 is 0 Å². The van der Waals surface area contributed by atoms with Crippen LogP contribution >= 0.6 is 11.6 Å². The van der Waals surface area contributed by atoms with Gasteiger partial charge in [0.1, 0.15) is 5.75 Å². The Kier molecular flexibility index (Phi) is 4.16. The van der Waals surface area contributed by atoms with Crippen molar-refractivity contribution < 1.29 is 4.74 Å². The highest BCUT2D eigenvalue weighted by atomic mass is 35.5. The summed E-state index contributed by atoms with van der Waals surface area (Å²) in [6.07, 6.45) is 0. The van der Waals surface area contributed by atoms with Crippen molar-refractivity contribution in [2.45, 2.75) is 26.1 Å². The fraction of sp³-hybridized carbons (Fsp3) is 0.294. The fourth-order valence-corrected chi connectivity index (χ4v) is 3.15. The van der Waals surface area contributed by atoms with Crippen molar-refractivity contribution in [3.8, 4) is 5.75 Å². The second kappa shape index (κ2) is 5.66. The quantitative estimate of drug-likeness (QED) is 0.720. The second-order valence-electron chi connectivity index (χ2n) is 4.92. The molecule has 1 nitrogen and oxygen atoms in total. The zero-order valence-electron chi connectivity index (χ0n) is 11.8. The Balaban J connectivity index is 2.53. The number of ether oxygens (including phenoxy) is 1. The van der Waals surface area contributed by atoms with E-state index in [1.807, 2.05) is 24.3 Å². The standard InChI is InChI=1S/C17H19ClO/c1-11-9-12(2)16(13(3)10-11)17(18)14-7-5-6-8-15(14)19-4/h5-10,17H,1-4H3. The fourth-order valence-electron chi connectivity index (χ4n) is 2.62. The van der Waals surface area contributed by atoms with Gasteiger partial charge in [-0.15, -0.1) is 11.6 Å². The van der Waals surface area contributed by atoms with Gasteiger partial charge < -0.3 is 4.74 Å². The van der Waals surface area contributed by atoms with Crippen LogP contribution in [0.25, 0.3) is 0 Å². The molecule has 2 rings (SSSR count). The van der Waals surface area contributed by atoms with Crippen LogP contribution in [0.15, 0.2) is 36.4 Å². The van der Waals surface area contributed by atoms with Crippen LogP contribution in [0, 0.1) is 20.8 Å². The predicted octanol–water partition coefficient (Wildman–Crippen LogP) is 4.95. The van der Waals surface area contributed by atoms with E-state index in [1.54, 1.807) is 7.11 Å². The first-order valence-electron chi connectivity index (χ1n) is 6.39. The highest BCUT2D eigenvalue weighted by Gasteiger charge is 2.19. The number of benzene rings is 2. The Labute approximate surface area is 120 Å². The summed E-state index contributed by atoms with van der Waals surface area (Å²) >= 11 is 6.70. The molecular weight excluding hydrogens is 256 g/mol. The van der Waals surface area contributed by atoms with Gasteiger partial charge >= 0.3 is 0 Å². The molecule has 0 aliphatic heterocycles. The van der Waals surface area contributed by atoms with Crippen LogP contribution in [0.1, 0.15) is 33.2 Å². The maximum Gasteiger partial charge on any atom is 0.123 e. The van der Waals surface area contributed by atoms with Crippen molar-refractivity contribution in [2.75, 3.05) is 7.11 Å². The van der Waals surface area contributed by atoms with Crippen LogP contribution in [0.5, 0.6) is 5.75 Å². The van der Waals surface area contributed by atoms with E-state index in [4.69, 9.17) is 16.3 Å². The van der Waals surface area contributed by atoms with Gasteiger partial charge in [-0.25, -0.2) is 0 Å². The van der Waals surface area contributed by atoms with Gasteiger partial charge in [0.2, 0.25) is 0 Å². The molecule has 2 heteroatoms. The van der Waals surface area contributed by atoms with Crippen molar-refractivity contribution in [3.05, 3.63) is 64.2 Å². The molecule has 0 fully saturated rings. The Morgan fingerprint density at radius 2 is 1.58 bits per heavy atom. The van der Waals surface area contributed by atoms with Crippen molar-refractivity contribution in [1.29, 1.82) is 0 Å². The first-order valence-corrected chi connectivity index (χ1v) is 6.83. The zero-order valence-corrected chi connectivity index (χ0v) is 12.6. The van der Waals surface area contributed by atoms with E-state index in [0.717, 1.165) is 11.3 Å². The second-order valence-corrected chi connectivity index (χ2v) is 5.35. The number of hydrogen-bond acceptors (Lipinski definition) is 1. The number of rotatable bonds is 3. The smallest absolute Gasteiger partial charge is 0.123 e. The van der Waals surface area contributed by atoms with Crippen molar-refractivity contribution in [3.63, 3.8) is 0 Å². The number of alkyl halides is 1. The summed E-state index contributed by atoms with van der Waals surface area (Å²) < 4.78 is 5.41. The Bertz CT molecular complexity index is 567. The van der Waals surface area contributed by atoms with Gasteiger partial charge in [-0.1, -0.05) is 35.9 Å². The van der Waals surface area contributed by atoms with Crippen LogP contribution < -0.4 is 4.74 Å². The van der Waals surface area contributed by atoms with Crippen LogP contribution in [-0.2, 0) is 0 Å². The van der Waals surface area contributed by atoms with Crippen LogP contribution in [-0.4, -0.2) is 7.11 Å². The molecule has 0 saturated heterocycles. The Morgan fingerprint density at radius 3 is 2.16 bits per heavy atom. The van der Waals surface area contributed by atoms with Crippen LogP contribution in [0.2, 0.25) is 0 Å². The number of halogens is 1. The number of aryl methyl sites for hydroxylation is 3. The molecular formula is C17H19ClO. The van der Waals surface area contributed by atoms with E-state index in [9.17, 15) is 0 Å². The zero-order chi connectivity index (χ0) is 14.0. The van der Waals surface area contributed by atoms with E-state index in [0.29, 0.717) is 0 Å². The molecule has 0 heterocycles. The third-order valence-electron chi connectivity index (χ3n) is 3.40. The van der Waals surface area contributed by atoms with Crippen LogP contribution in [0.4, 0.5) is 0 Å². The van der Waals surface area contributed by atoms with E-state index >= 15 is 0 Å². The summed E-state index contributed by atoms with van der Waals surface area (Å²) in [5.41, 5.74) is 5.91. The first kappa shape index (κ1) is 14.0. The molecule has 0 N–H and O–H groups in total. The molecule has 2 aromatic carbocycles. The minimum atomic E-state index is -0.184. The van der Waals surface area contributed by atoms with Crippen molar-refractivity contribution >= 4 is 11.6 Å². The normalized spacial score (nSPS) is 12.3. The molecule has 0 aromatic heterocycles. The molecule has 0 saturated carbocycles. The van der Waals surface area contributed by atoms with Gasteiger partial charge in [-0.2, -0.15) is 0 Å². The summed E-state index contributed by atoms with van der Waals surface area (Å²) in [7, 11) is 1.68. The van der Waals surface area contributed by atoms with Gasteiger partial charge in [0.25, 0.3) is 0 Å². The first-order chi connectivity index (χ1) is 9.04. The minimum absolute atomic E-state index is 0.184. The third kappa shape index (κ3) is 2.76. The highest BCUT2D eigenvalue weighted by molar-refractivity contribution is 6.23. The maximum absolute atomic E-state index is 6.70. The lowest BCUT2D eigenvalue weighted by molar-refractivity contribution is 0.410. The minimum Gasteiger partial charge on any atom is -0.496 e. The van der Waals surface area contributed by atoms with Gasteiger partial charge in [-0.3, -0.25) is 0 Å². The van der Waals surface area contributed by atoms with Gasteiger partial charge in [0, 0.05) is 5.56 Å². The average molecular weight is 275 g/mol. The predicted molar refractivity (Wildman–Crippen MR) is 81.3 cm³/mol. The van der Waals surface area contributed by atoms with Gasteiger partial charge in [0.15, 0.2) is 0 Å². The molecule has 0 aliphatic rings. The number of para-hydroxylation sites is 1. The largest absolute Gasteiger partial charge is 0.496 e. The number of methoxy groups -OCH3 is 1. The third-order valence-corrected chi connectivity index (χ3v) is 3.86. The average Bonchev–Trinajstić information content (AvgIpc) is 2.37. The molecule has 1 atom stereocenters. The monoisotopic (exact) mass is 274 g/mol. The molecule has 100 valence electrons. The Morgan fingerprint density at radius 1 is 1.00 bits per heavy atom. The van der Waals surface area contributed by atoms with E-state index in [-0.39, 0.29) is 5.38 Å². The lowest BCUT2D eigenvalue weighted by Crippen LogP contribution is -2.02. The van der Waals surface area contributed by atoms with Crippen molar-refractivity contribution in [1.82, 2.24) is 0 Å². The highest BCUT2D eigenvalue weighted by Crippen LogP contribution is 2.38. The molecule has 0 aliphatic carbocycles. The summed E-state index contributed by atoms with van der Waals surface area (Å²) in [6, 6.07) is 12.3. The number of hydrogen-bond donors (Lipinski definition) is 0. The topological polar surface area (TPSA) is 9.23 Å². The molecule has 0 amide bonds. The van der Waals surface area contributed by atoms with E-state index in [2.05, 4.69) is 32.9 Å². The molecule has 0 spiro atoms. The molecule has 2 aromatic rings. The summed E-state index contributed by atoms with van der Waals surface area (Å²) in [5.74, 6) is 0.835. The molecule has 1 unspecified atom stereocenters. The molecule has 0 bridgehead atoms. The summed E-state index contributed by atoms with van der Waals surface area (Å²) in [4.78, 5) is 0. The molecule has 0 radical (unpaired) electrons. The lowest BCUT2D eigenvalue weighted by Gasteiger charge is -2.19. The van der Waals surface area contributed by atoms with Gasteiger partial charge in [0.05, 0.1) is 12.5 Å².